The van der Waals surface area contributed by atoms with Crippen molar-refractivity contribution in [2.24, 2.45) is 5.92 Å². The zero-order chi connectivity index (χ0) is 14.4. The molecule has 1 aromatic carbocycles. The summed E-state index contributed by atoms with van der Waals surface area (Å²) in [5, 5.41) is 8.52. The van der Waals surface area contributed by atoms with Crippen LogP contribution in [-0.4, -0.2) is 36.9 Å². The smallest absolute Gasteiger partial charge is 0.309 e. The Hall–Kier alpha value is -1.18. The van der Waals surface area contributed by atoms with Gasteiger partial charge in [-0.2, -0.15) is 4.31 Å². The fourth-order valence-corrected chi connectivity index (χ4v) is 3.86. The number of benzene rings is 1. The molecule has 0 unspecified atom stereocenters. The molecule has 1 fully saturated rings. The molecule has 0 amide bonds. The van der Waals surface area contributed by atoms with Gasteiger partial charge in [-0.25, -0.2) is 12.8 Å². The first kappa shape index (κ1) is 14.2. The van der Waals surface area contributed by atoms with Gasteiger partial charge in [0.1, 0.15) is 10.7 Å². The topological polar surface area (TPSA) is 74.7 Å². The first-order valence-corrected chi connectivity index (χ1v) is 7.24. The van der Waals surface area contributed by atoms with Crippen LogP contribution in [0.1, 0.15) is 5.56 Å². The van der Waals surface area contributed by atoms with Gasteiger partial charge in [0.15, 0.2) is 0 Å². The number of carboxylic acid groups (broad SMARTS) is 1. The zero-order valence-electron chi connectivity index (χ0n) is 9.93. The van der Waals surface area contributed by atoms with Crippen molar-refractivity contribution in [1.29, 1.82) is 0 Å². The van der Waals surface area contributed by atoms with Gasteiger partial charge in [0.05, 0.1) is 10.9 Å². The Balaban J connectivity index is 2.32. The van der Waals surface area contributed by atoms with Crippen LogP contribution in [0.3, 0.4) is 0 Å². The van der Waals surface area contributed by atoms with E-state index in [0.717, 1.165) is 16.4 Å². The van der Waals surface area contributed by atoms with E-state index in [1.165, 1.54) is 6.92 Å². The third-order valence-electron chi connectivity index (χ3n) is 3.03. The van der Waals surface area contributed by atoms with E-state index in [9.17, 15) is 17.6 Å². The van der Waals surface area contributed by atoms with Crippen molar-refractivity contribution in [3.63, 3.8) is 0 Å². The maximum Gasteiger partial charge on any atom is 0.309 e. The Labute approximate surface area is 114 Å². The molecule has 0 aliphatic carbocycles. The van der Waals surface area contributed by atoms with Gasteiger partial charge in [-0.1, -0.05) is 11.6 Å². The van der Waals surface area contributed by atoms with Crippen LogP contribution in [0.5, 0.6) is 0 Å². The molecule has 104 valence electrons. The van der Waals surface area contributed by atoms with E-state index in [1.807, 2.05) is 0 Å². The number of sulfonamides is 1. The highest BCUT2D eigenvalue weighted by atomic mass is 35.5. The van der Waals surface area contributed by atoms with Crippen LogP contribution in [-0.2, 0) is 14.8 Å². The molecule has 1 N–H and O–H groups in total. The molecule has 1 heterocycles. The summed E-state index contributed by atoms with van der Waals surface area (Å²) < 4.78 is 38.6. The summed E-state index contributed by atoms with van der Waals surface area (Å²) >= 11 is 5.75. The van der Waals surface area contributed by atoms with Gasteiger partial charge < -0.3 is 5.11 Å². The number of nitrogens with zero attached hydrogens (tertiary/aromatic N) is 1. The monoisotopic (exact) mass is 307 g/mol. The third-order valence-corrected chi connectivity index (χ3v) is 5.32. The van der Waals surface area contributed by atoms with Gasteiger partial charge in [0, 0.05) is 13.1 Å². The zero-order valence-corrected chi connectivity index (χ0v) is 11.5. The van der Waals surface area contributed by atoms with Gasteiger partial charge in [0.25, 0.3) is 0 Å². The van der Waals surface area contributed by atoms with Crippen molar-refractivity contribution in [3.05, 3.63) is 28.5 Å². The first-order valence-electron chi connectivity index (χ1n) is 5.42. The first-order chi connectivity index (χ1) is 8.73. The van der Waals surface area contributed by atoms with E-state index in [4.69, 9.17) is 16.7 Å². The molecule has 8 heteroatoms. The molecule has 0 aromatic heterocycles. The standard InChI is InChI=1S/C11H11ClFNO4S/c1-6-2-10(8(12)3-9(6)13)19(17,18)14-4-7(5-14)11(15)16/h2-3,7H,4-5H2,1H3,(H,15,16). The molecule has 2 rings (SSSR count). The Bertz CT molecular complexity index is 640. The maximum absolute atomic E-state index is 13.2. The number of carboxylic acids is 1. The van der Waals surface area contributed by atoms with Crippen molar-refractivity contribution in [1.82, 2.24) is 4.31 Å². The lowest BCUT2D eigenvalue weighted by atomic mass is 10.0. The molecule has 0 saturated carbocycles. The van der Waals surface area contributed by atoms with E-state index in [0.29, 0.717) is 0 Å². The normalized spacial score (nSPS) is 17.2. The van der Waals surface area contributed by atoms with Crippen LogP contribution in [0.15, 0.2) is 17.0 Å². The number of halogens is 2. The summed E-state index contributed by atoms with van der Waals surface area (Å²) in [5.41, 5.74) is 0.165. The quantitative estimate of drug-likeness (QED) is 0.918. The molecule has 19 heavy (non-hydrogen) atoms. The van der Waals surface area contributed by atoms with E-state index in [-0.39, 0.29) is 28.6 Å². The summed E-state index contributed by atoms with van der Waals surface area (Å²) in [6, 6.07) is 2.10. The number of hydrogen-bond donors (Lipinski definition) is 1. The second-order valence-corrected chi connectivity index (χ2v) is 6.70. The van der Waals surface area contributed by atoms with Crippen LogP contribution >= 0.6 is 11.6 Å². The Morgan fingerprint density at radius 1 is 1.47 bits per heavy atom. The van der Waals surface area contributed by atoms with E-state index in [1.54, 1.807) is 0 Å². The summed E-state index contributed by atoms with van der Waals surface area (Å²) in [4.78, 5) is 10.5. The molecule has 1 saturated heterocycles. The minimum Gasteiger partial charge on any atom is -0.481 e. The average Bonchev–Trinajstić information content (AvgIpc) is 2.19. The van der Waals surface area contributed by atoms with Crippen molar-refractivity contribution in [2.45, 2.75) is 11.8 Å². The van der Waals surface area contributed by atoms with Gasteiger partial charge >= 0.3 is 5.97 Å². The number of hydrogen-bond acceptors (Lipinski definition) is 3. The Morgan fingerprint density at radius 2 is 2.05 bits per heavy atom. The summed E-state index contributed by atoms with van der Waals surface area (Å²) in [5.74, 6) is -2.32. The number of aryl methyl sites for hydroxylation is 1. The fourth-order valence-electron chi connectivity index (χ4n) is 1.76. The summed E-state index contributed by atoms with van der Waals surface area (Å²) in [6.45, 7) is 1.25. The minimum absolute atomic E-state index is 0.0928. The van der Waals surface area contributed by atoms with Crippen LogP contribution in [0, 0.1) is 18.7 Å². The highest BCUT2D eigenvalue weighted by Gasteiger charge is 2.41. The van der Waals surface area contributed by atoms with Gasteiger partial charge in [-0.15, -0.1) is 0 Å². The number of aliphatic carboxylic acids is 1. The van der Waals surface area contributed by atoms with Crippen molar-refractivity contribution < 1.29 is 22.7 Å². The number of rotatable bonds is 3. The van der Waals surface area contributed by atoms with Gasteiger partial charge in [-0.3, -0.25) is 4.79 Å². The van der Waals surface area contributed by atoms with Crippen LogP contribution in [0.4, 0.5) is 4.39 Å². The lowest BCUT2D eigenvalue weighted by molar-refractivity contribution is -0.145. The largest absolute Gasteiger partial charge is 0.481 e. The average molecular weight is 308 g/mol. The fraction of sp³-hybridized carbons (Fsp3) is 0.364. The Kier molecular flexibility index (Phi) is 3.55. The molecule has 1 aliphatic rings. The summed E-state index contributed by atoms with van der Waals surface area (Å²) in [7, 11) is -3.87. The summed E-state index contributed by atoms with van der Waals surface area (Å²) in [6.07, 6.45) is 0. The van der Waals surface area contributed by atoms with Crippen LogP contribution in [0.25, 0.3) is 0 Å². The van der Waals surface area contributed by atoms with Crippen LogP contribution in [0.2, 0.25) is 5.02 Å². The highest BCUT2D eigenvalue weighted by Crippen LogP contribution is 2.31. The molecule has 5 nitrogen and oxygen atoms in total. The molecule has 0 spiro atoms. The lowest BCUT2D eigenvalue weighted by Gasteiger charge is -2.35. The molecule has 1 aromatic rings. The van der Waals surface area contributed by atoms with Gasteiger partial charge in [-0.05, 0) is 24.6 Å². The van der Waals surface area contributed by atoms with E-state index < -0.39 is 27.7 Å². The molecular weight excluding hydrogens is 297 g/mol. The lowest BCUT2D eigenvalue weighted by Crippen LogP contribution is -2.52. The maximum atomic E-state index is 13.2. The molecule has 0 bridgehead atoms. The van der Waals surface area contributed by atoms with Crippen molar-refractivity contribution in [2.75, 3.05) is 13.1 Å². The van der Waals surface area contributed by atoms with Crippen molar-refractivity contribution >= 4 is 27.6 Å². The van der Waals surface area contributed by atoms with E-state index >= 15 is 0 Å². The third kappa shape index (κ3) is 2.45. The van der Waals surface area contributed by atoms with Gasteiger partial charge in [0.2, 0.25) is 10.0 Å². The predicted molar refractivity (Wildman–Crippen MR) is 66.0 cm³/mol. The second kappa shape index (κ2) is 4.73. The molecule has 0 radical (unpaired) electrons. The Morgan fingerprint density at radius 3 is 2.58 bits per heavy atom. The highest BCUT2D eigenvalue weighted by molar-refractivity contribution is 7.89. The van der Waals surface area contributed by atoms with Crippen LogP contribution < -0.4 is 0 Å². The molecule has 0 atom stereocenters. The second-order valence-electron chi connectivity index (χ2n) is 4.39. The van der Waals surface area contributed by atoms with E-state index in [2.05, 4.69) is 0 Å². The SMILES string of the molecule is Cc1cc(S(=O)(=O)N2CC(C(=O)O)C2)c(Cl)cc1F. The van der Waals surface area contributed by atoms with Crippen molar-refractivity contribution in [3.8, 4) is 0 Å². The number of carbonyl (C=O) groups is 1. The predicted octanol–water partition coefficient (Wildman–Crippen LogP) is 1.49. The molecule has 1 aliphatic heterocycles. The molecular formula is C11H11ClFNO4S. The minimum atomic E-state index is -3.87.